The number of carboxylic acids is 2. The first-order chi connectivity index (χ1) is 29.0. The Morgan fingerprint density at radius 3 is 1.55 bits per heavy atom. The van der Waals surface area contributed by atoms with Gasteiger partial charge in [-0.05, 0) is 108 Å². The van der Waals surface area contributed by atoms with Crippen LogP contribution in [0.25, 0.3) is 22.3 Å². The number of hydrogen-bond acceptors (Lipinski definition) is 5. The minimum atomic E-state index is -4.67. The van der Waals surface area contributed by atoms with Crippen LogP contribution in [0.4, 0.5) is 39.5 Å². The molecule has 336 valence electrons. The van der Waals surface area contributed by atoms with Gasteiger partial charge in [0.15, 0.2) is 13.2 Å². The van der Waals surface area contributed by atoms with Crippen LogP contribution in [0.1, 0.15) is 79.9 Å². The molecule has 0 spiro atoms. The number of thioether (sulfide) groups is 1. The molecule has 0 heterocycles. The molecule has 0 unspecified atom stereocenters. The Hall–Kier alpha value is -4.28. The van der Waals surface area contributed by atoms with E-state index in [4.69, 9.17) is 32.7 Å². The third-order valence-electron chi connectivity index (χ3n) is 10.8. The zero-order valence-corrected chi connectivity index (χ0v) is 35.2. The largest absolute Gasteiger partial charge is 0.482 e. The van der Waals surface area contributed by atoms with E-state index in [0.717, 1.165) is 74.1 Å². The van der Waals surface area contributed by atoms with Gasteiger partial charge in [-0.15, -0.1) is 11.8 Å². The molecular formula is C44H41Cl2F9O6S. The van der Waals surface area contributed by atoms with Crippen LogP contribution in [0.3, 0.4) is 0 Å². The number of halogens is 11. The van der Waals surface area contributed by atoms with E-state index < -0.39 is 61.1 Å². The zero-order valence-electron chi connectivity index (χ0n) is 32.9. The van der Waals surface area contributed by atoms with Crippen LogP contribution in [0, 0.1) is 11.8 Å². The van der Waals surface area contributed by atoms with E-state index in [9.17, 15) is 59.3 Å². The molecule has 0 bridgehead atoms. The van der Waals surface area contributed by atoms with E-state index in [1.165, 1.54) is 30.0 Å². The van der Waals surface area contributed by atoms with E-state index in [1.54, 1.807) is 18.2 Å². The third kappa shape index (κ3) is 13.1. The van der Waals surface area contributed by atoms with E-state index in [2.05, 4.69) is 0 Å². The van der Waals surface area contributed by atoms with Crippen molar-refractivity contribution in [3.63, 3.8) is 0 Å². The number of rotatable bonds is 14. The Kier molecular flexibility index (Phi) is 16.1. The Labute approximate surface area is 365 Å². The lowest BCUT2D eigenvalue weighted by Crippen LogP contribution is -2.21. The van der Waals surface area contributed by atoms with Crippen molar-refractivity contribution in [2.45, 2.75) is 86.6 Å². The second-order valence-electron chi connectivity index (χ2n) is 15.2. The van der Waals surface area contributed by atoms with Gasteiger partial charge in [0.05, 0.1) is 27.4 Å². The van der Waals surface area contributed by atoms with Crippen molar-refractivity contribution in [1.82, 2.24) is 0 Å². The third-order valence-corrected chi connectivity index (χ3v) is 12.1. The lowest BCUT2D eigenvalue weighted by molar-refractivity contribution is -0.154. The van der Waals surface area contributed by atoms with Gasteiger partial charge in [0.25, 0.3) is 0 Å². The van der Waals surface area contributed by atoms with Gasteiger partial charge < -0.3 is 19.7 Å². The van der Waals surface area contributed by atoms with Gasteiger partial charge in [-0.2, -0.15) is 39.5 Å². The van der Waals surface area contributed by atoms with Crippen molar-refractivity contribution in [3.8, 4) is 33.8 Å². The molecule has 0 aliphatic heterocycles. The van der Waals surface area contributed by atoms with Crippen molar-refractivity contribution in [2.24, 2.45) is 11.8 Å². The van der Waals surface area contributed by atoms with Gasteiger partial charge in [0, 0.05) is 16.0 Å². The Morgan fingerprint density at radius 1 is 0.677 bits per heavy atom. The molecule has 2 N–H and O–H groups in total. The number of carboxylic acid groups (broad SMARTS) is 2. The highest BCUT2D eigenvalue weighted by atomic mass is 35.5. The van der Waals surface area contributed by atoms with Crippen molar-refractivity contribution in [2.75, 3.05) is 19.5 Å². The summed E-state index contributed by atoms with van der Waals surface area (Å²) in [6.07, 6.45) is -5.21. The summed E-state index contributed by atoms with van der Waals surface area (Å²) in [5.74, 6) is -4.06. The van der Waals surface area contributed by atoms with Gasteiger partial charge in [-0.3, -0.25) is 9.59 Å². The summed E-state index contributed by atoms with van der Waals surface area (Å²) in [5, 5.41) is 19.3. The standard InChI is InChI=1S/C22H19ClF6O3.C22H22ClF3O3S/c23-18-10-14(17(20(30)31)8-12-2-1-3-12)9-16(19(18)32-11-21(24,25)26)13-4-6-15(7-5-13)22(27,28)29;1-30-16-8-6-13(7-9-16)17-10-15(19(21(27)28)14-4-2-3-5-14)11-18(23)20(17)29-12-22(24,25)26/h4-7,9-10,12,17H,1-3,8,11H2,(H,30,31);6-11,14,19H,2-5,12H2,1H3,(H,27,28)/t17-;19-/m01/s1. The lowest BCUT2D eigenvalue weighted by atomic mass is 9.77. The van der Waals surface area contributed by atoms with Crippen molar-refractivity contribution >= 4 is 46.9 Å². The molecular weight excluding hydrogens is 898 g/mol. The van der Waals surface area contributed by atoms with E-state index >= 15 is 0 Å². The highest BCUT2D eigenvalue weighted by molar-refractivity contribution is 7.98. The monoisotopic (exact) mass is 938 g/mol. The summed E-state index contributed by atoms with van der Waals surface area (Å²) in [6.45, 7) is -3.14. The fourth-order valence-electron chi connectivity index (χ4n) is 7.60. The summed E-state index contributed by atoms with van der Waals surface area (Å²) >= 11 is 14.1. The number of carbonyl (C=O) groups is 2. The molecule has 4 aromatic carbocycles. The summed E-state index contributed by atoms with van der Waals surface area (Å²) in [4.78, 5) is 24.9. The van der Waals surface area contributed by atoms with Crippen LogP contribution in [0.5, 0.6) is 11.5 Å². The Bertz CT molecular complexity index is 2170. The smallest absolute Gasteiger partial charge is 0.422 e. The minimum Gasteiger partial charge on any atom is -0.482 e. The van der Waals surface area contributed by atoms with E-state index in [1.807, 2.05) is 18.4 Å². The molecule has 2 fully saturated rings. The molecule has 4 aromatic rings. The summed E-state index contributed by atoms with van der Waals surface area (Å²) in [5.41, 5.74) is 0.890. The quantitative estimate of drug-likeness (QED) is 0.0961. The normalized spacial score (nSPS) is 15.9. The number of aliphatic carboxylic acids is 2. The fourth-order valence-corrected chi connectivity index (χ4v) is 8.57. The predicted octanol–water partition coefficient (Wildman–Crippen LogP) is 14.4. The molecule has 2 aliphatic carbocycles. The van der Waals surface area contributed by atoms with Crippen LogP contribution < -0.4 is 9.47 Å². The first-order valence-corrected chi connectivity index (χ1v) is 21.4. The molecule has 2 saturated carbocycles. The molecule has 0 aromatic heterocycles. The molecule has 0 radical (unpaired) electrons. The molecule has 2 aliphatic rings. The van der Waals surface area contributed by atoms with Crippen LogP contribution in [0.15, 0.2) is 77.7 Å². The average molecular weight is 940 g/mol. The number of ether oxygens (including phenoxy) is 2. The lowest BCUT2D eigenvalue weighted by Gasteiger charge is -2.28. The SMILES string of the molecule is CSc1ccc(-c2cc([C@H](C(=O)O)C3CCCC3)cc(Cl)c2OCC(F)(F)F)cc1.O=C(O)[C@@H](CC1CCC1)c1cc(Cl)c(OCC(F)(F)F)c(-c2ccc(C(F)(F)F)cc2)c1. The maximum atomic E-state index is 12.9. The zero-order chi connectivity index (χ0) is 45.6. The topological polar surface area (TPSA) is 93.1 Å². The first-order valence-electron chi connectivity index (χ1n) is 19.4. The van der Waals surface area contributed by atoms with Gasteiger partial charge in [0.1, 0.15) is 11.5 Å². The molecule has 6 rings (SSSR count). The van der Waals surface area contributed by atoms with Crippen molar-refractivity contribution in [1.29, 1.82) is 0 Å². The fraction of sp³-hybridized carbons (Fsp3) is 0.409. The Balaban J connectivity index is 0.000000235. The van der Waals surface area contributed by atoms with Gasteiger partial charge >= 0.3 is 30.5 Å². The molecule has 6 nitrogen and oxygen atoms in total. The van der Waals surface area contributed by atoms with Crippen LogP contribution >= 0.6 is 35.0 Å². The highest BCUT2D eigenvalue weighted by Crippen LogP contribution is 2.46. The average Bonchev–Trinajstić information content (AvgIpc) is 3.69. The van der Waals surface area contributed by atoms with E-state index in [0.29, 0.717) is 23.1 Å². The molecule has 2 atom stereocenters. The van der Waals surface area contributed by atoms with Gasteiger partial charge in [0.2, 0.25) is 0 Å². The number of hydrogen-bond donors (Lipinski definition) is 2. The van der Waals surface area contributed by atoms with Crippen molar-refractivity contribution in [3.05, 3.63) is 99.5 Å². The second kappa shape index (κ2) is 20.5. The summed E-state index contributed by atoms with van der Waals surface area (Å²) in [6, 6.07) is 16.6. The first kappa shape index (κ1) is 48.7. The van der Waals surface area contributed by atoms with Gasteiger partial charge in [-0.25, -0.2) is 0 Å². The minimum absolute atomic E-state index is 0.00895. The summed E-state index contributed by atoms with van der Waals surface area (Å²) in [7, 11) is 0. The van der Waals surface area contributed by atoms with Crippen LogP contribution in [-0.4, -0.2) is 54.0 Å². The number of alkyl halides is 9. The molecule has 18 heteroatoms. The number of benzene rings is 4. The Morgan fingerprint density at radius 2 is 1.15 bits per heavy atom. The van der Waals surface area contributed by atoms with Crippen LogP contribution in [-0.2, 0) is 15.8 Å². The van der Waals surface area contributed by atoms with Crippen LogP contribution in [0.2, 0.25) is 10.0 Å². The molecule has 62 heavy (non-hydrogen) atoms. The highest BCUT2D eigenvalue weighted by Gasteiger charge is 2.36. The predicted molar refractivity (Wildman–Crippen MR) is 218 cm³/mol. The molecule has 0 saturated heterocycles. The van der Waals surface area contributed by atoms with E-state index in [-0.39, 0.29) is 50.1 Å². The molecule has 0 amide bonds. The summed E-state index contributed by atoms with van der Waals surface area (Å²) < 4.78 is 125. The van der Waals surface area contributed by atoms with Crippen molar-refractivity contribution < 1.29 is 68.8 Å². The maximum absolute atomic E-state index is 12.9. The second-order valence-corrected chi connectivity index (χ2v) is 16.8. The van der Waals surface area contributed by atoms with Gasteiger partial charge in [-0.1, -0.05) is 79.6 Å². The maximum Gasteiger partial charge on any atom is 0.422 e.